The maximum atomic E-state index is 13.1. The molecule has 31 heavy (non-hydrogen) atoms. The van der Waals surface area contributed by atoms with E-state index < -0.39 is 16.1 Å². The quantitative estimate of drug-likeness (QED) is 0.427. The van der Waals surface area contributed by atoms with Gasteiger partial charge in [-0.2, -0.15) is 0 Å². The van der Waals surface area contributed by atoms with Crippen LogP contribution >= 0.6 is 0 Å². The summed E-state index contributed by atoms with van der Waals surface area (Å²) in [5.41, 5.74) is 2.10. The van der Waals surface area contributed by atoms with Crippen molar-refractivity contribution in [1.82, 2.24) is 19.8 Å². The van der Waals surface area contributed by atoms with E-state index in [1.165, 1.54) is 0 Å². The molecule has 0 spiro atoms. The summed E-state index contributed by atoms with van der Waals surface area (Å²) in [7, 11) is -3.86. The van der Waals surface area contributed by atoms with E-state index in [1.807, 2.05) is 30.3 Å². The largest absolute Gasteiger partial charge is 0.360 e. The van der Waals surface area contributed by atoms with Crippen LogP contribution in [0.5, 0.6) is 0 Å². The Kier molecular flexibility index (Phi) is 7.40. The Morgan fingerprint density at radius 2 is 1.90 bits per heavy atom. The van der Waals surface area contributed by atoms with Crippen LogP contribution in [-0.2, 0) is 14.8 Å². The average molecular weight is 445 g/mol. The number of unbranched alkanes of at least 4 members (excludes halogenated alkanes) is 2. The predicted octanol–water partition coefficient (Wildman–Crippen LogP) is 4.24. The van der Waals surface area contributed by atoms with Crippen LogP contribution in [0.15, 0.2) is 45.9 Å². The highest BCUT2D eigenvalue weighted by Crippen LogP contribution is 2.26. The second kappa shape index (κ2) is 10.0. The minimum atomic E-state index is -3.86. The lowest BCUT2D eigenvalue weighted by Gasteiger charge is -2.17. The Balaban J connectivity index is 1.81. The first kappa shape index (κ1) is 22.9. The third-order valence-electron chi connectivity index (χ3n) is 5.07. The zero-order valence-corrected chi connectivity index (χ0v) is 18.8. The molecule has 2 aromatic heterocycles. The van der Waals surface area contributed by atoms with Crippen LogP contribution < -0.4 is 4.72 Å². The standard InChI is InChI=1S/C22H28N4O4S/c1-15(27)10-6-4-9-13-19(26-31(28,29)21-16(2)25-30-17(21)3)22-23-14-20(24-22)18-11-7-5-8-12-18/h5,7-8,11-12,14,19,26H,4,6,9-10,13H2,1-3H3,(H,23,24)/t19-/m0/s1. The normalized spacial score (nSPS) is 12.7. The van der Waals surface area contributed by atoms with Gasteiger partial charge in [0.1, 0.15) is 22.2 Å². The number of nitrogens with zero attached hydrogens (tertiary/aromatic N) is 2. The van der Waals surface area contributed by atoms with Crippen LogP contribution in [0.4, 0.5) is 0 Å². The second-order valence-electron chi connectivity index (χ2n) is 7.68. The molecular weight excluding hydrogens is 416 g/mol. The fourth-order valence-electron chi connectivity index (χ4n) is 3.53. The topological polar surface area (TPSA) is 118 Å². The van der Waals surface area contributed by atoms with Crippen LogP contribution in [0, 0.1) is 13.8 Å². The van der Waals surface area contributed by atoms with E-state index >= 15 is 0 Å². The molecule has 0 aliphatic heterocycles. The van der Waals surface area contributed by atoms with Gasteiger partial charge < -0.3 is 14.3 Å². The molecule has 3 rings (SSSR count). The summed E-state index contributed by atoms with van der Waals surface area (Å²) >= 11 is 0. The monoisotopic (exact) mass is 444 g/mol. The number of H-pyrrole nitrogens is 1. The Labute approximate surface area is 182 Å². The number of aryl methyl sites for hydroxylation is 2. The molecule has 0 aliphatic rings. The van der Waals surface area contributed by atoms with E-state index in [-0.39, 0.29) is 16.4 Å². The molecule has 3 aromatic rings. The maximum absolute atomic E-state index is 13.1. The molecular formula is C22H28N4O4S. The van der Waals surface area contributed by atoms with Crippen LogP contribution in [-0.4, -0.2) is 29.3 Å². The molecule has 0 aliphatic carbocycles. The van der Waals surface area contributed by atoms with E-state index in [4.69, 9.17) is 4.52 Å². The molecule has 0 saturated heterocycles. The Bertz CT molecular complexity index is 1100. The van der Waals surface area contributed by atoms with Crippen molar-refractivity contribution in [2.24, 2.45) is 0 Å². The van der Waals surface area contributed by atoms with Crippen LogP contribution in [0.3, 0.4) is 0 Å². The number of Topliss-reactive ketones (excluding diaryl/α,β-unsaturated/α-hetero) is 1. The number of aromatic nitrogens is 3. The smallest absolute Gasteiger partial charge is 0.246 e. The highest BCUT2D eigenvalue weighted by molar-refractivity contribution is 7.89. The Morgan fingerprint density at radius 3 is 2.55 bits per heavy atom. The fraction of sp³-hybridized carbons (Fsp3) is 0.409. The van der Waals surface area contributed by atoms with Gasteiger partial charge in [0.05, 0.1) is 17.9 Å². The van der Waals surface area contributed by atoms with Crippen molar-refractivity contribution in [2.45, 2.75) is 63.8 Å². The zero-order chi connectivity index (χ0) is 22.4. The lowest BCUT2D eigenvalue weighted by atomic mass is 10.1. The highest BCUT2D eigenvalue weighted by atomic mass is 32.2. The molecule has 0 bridgehead atoms. The third-order valence-corrected chi connectivity index (χ3v) is 6.78. The summed E-state index contributed by atoms with van der Waals surface area (Å²) in [6, 6.07) is 9.17. The van der Waals surface area contributed by atoms with Gasteiger partial charge >= 0.3 is 0 Å². The summed E-state index contributed by atoms with van der Waals surface area (Å²) in [6.07, 6.45) is 5.15. The lowest BCUT2D eigenvalue weighted by molar-refractivity contribution is -0.117. The summed E-state index contributed by atoms with van der Waals surface area (Å²) in [6.45, 7) is 4.75. The molecule has 0 saturated carbocycles. The predicted molar refractivity (Wildman–Crippen MR) is 117 cm³/mol. The first-order valence-corrected chi connectivity index (χ1v) is 11.8. The lowest BCUT2D eigenvalue weighted by Crippen LogP contribution is -2.30. The minimum Gasteiger partial charge on any atom is -0.360 e. The van der Waals surface area contributed by atoms with Crippen LogP contribution in [0.2, 0.25) is 0 Å². The molecule has 166 valence electrons. The number of hydrogen-bond acceptors (Lipinski definition) is 6. The van der Waals surface area contributed by atoms with E-state index in [9.17, 15) is 13.2 Å². The number of hydrogen-bond donors (Lipinski definition) is 2. The van der Waals surface area contributed by atoms with Crippen LogP contribution in [0.25, 0.3) is 11.3 Å². The van der Waals surface area contributed by atoms with Gasteiger partial charge in [0, 0.05) is 6.42 Å². The van der Waals surface area contributed by atoms with Crippen molar-refractivity contribution in [2.75, 3.05) is 0 Å². The number of carbonyl (C=O) groups is 1. The molecule has 0 radical (unpaired) electrons. The number of benzene rings is 1. The fourth-order valence-corrected chi connectivity index (χ4v) is 5.10. The number of rotatable bonds is 11. The number of ketones is 1. The van der Waals surface area contributed by atoms with Gasteiger partial charge in [-0.1, -0.05) is 48.3 Å². The summed E-state index contributed by atoms with van der Waals surface area (Å²) in [4.78, 5) is 18.9. The molecule has 2 heterocycles. The first-order valence-electron chi connectivity index (χ1n) is 10.3. The maximum Gasteiger partial charge on any atom is 0.246 e. The van der Waals surface area contributed by atoms with Crippen molar-refractivity contribution in [1.29, 1.82) is 0 Å². The molecule has 8 nitrogen and oxygen atoms in total. The number of imidazole rings is 1. The van der Waals surface area contributed by atoms with Gasteiger partial charge in [0.2, 0.25) is 10.0 Å². The zero-order valence-electron chi connectivity index (χ0n) is 18.0. The van der Waals surface area contributed by atoms with Gasteiger partial charge in [0.25, 0.3) is 0 Å². The number of nitrogens with one attached hydrogen (secondary N) is 2. The average Bonchev–Trinajstić information content (AvgIpc) is 3.34. The van der Waals surface area contributed by atoms with Crippen molar-refractivity contribution in [3.8, 4) is 11.3 Å². The first-order chi connectivity index (χ1) is 14.8. The summed E-state index contributed by atoms with van der Waals surface area (Å²) in [5.74, 6) is 0.949. The van der Waals surface area contributed by atoms with Crippen molar-refractivity contribution in [3.05, 3.63) is 53.8 Å². The van der Waals surface area contributed by atoms with Gasteiger partial charge in [-0.3, -0.25) is 0 Å². The molecule has 0 amide bonds. The molecule has 9 heteroatoms. The highest BCUT2D eigenvalue weighted by Gasteiger charge is 2.29. The van der Waals surface area contributed by atoms with Crippen molar-refractivity contribution < 1.29 is 17.7 Å². The molecule has 2 N–H and O–H groups in total. The van der Waals surface area contributed by atoms with Crippen molar-refractivity contribution >= 4 is 15.8 Å². The van der Waals surface area contributed by atoms with Crippen molar-refractivity contribution in [3.63, 3.8) is 0 Å². The summed E-state index contributed by atoms with van der Waals surface area (Å²) < 4.78 is 34.0. The van der Waals surface area contributed by atoms with Gasteiger partial charge in [-0.05, 0) is 39.2 Å². The molecule has 0 unspecified atom stereocenters. The minimum absolute atomic E-state index is 0.0592. The SMILES string of the molecule is CC(=O)CCCCC[C@H](NS(=O)(=O)c1c(C)noc1C)c1ncc(-c2ccccc2)[nH]1. The Hall–Kier alpha value is -2.78. The number of aromatic amines is 1. The van der Waals surface area contributed by atoms with Gasteiger partial charge in [-0.25, -0.2) is 18.1 Å². The second-order valence-corrected chi connectivity index (χ2v) is 9.33. The van der Waals surface area contributed by atoms with E-state index in [2.05, 4.69) is 19.8 Å². The van der Waals surface area contributed by atoms with E-state index in [0.29, 0.717) is 24.4 Å². The van der Waals surface area contributed by atoms with E-state index in [0.717, 1.165) is 30.5 Å². The number of carbonyl (C=O) groups excluding carboxylic acids is 1. The number of sulfonamides is 1. The summed E-state index contributed by atoms with van der Waals surface area (Å²) in [5, 5.41) is 3.76. The van der Waals surface area contributed by atoms with Crippen LogP contribution in [0.1, 0.15) is 62.3 Å². The molecule has 0 fully saturated rings. The van der Waals surface area contributed by atoms with E-state index in [1.54, 1.807) is 27.0 Å². The Morgan fingerprint density at radius 1 is 1.16 bits per heavy atom. The molecule has 1 aromatic carbocycles. The van der Waals surface area contributed by atoms with Gasteiger partial charge in [0.15, 0.2) is 5.76 Å². The van der Waals surface area contributed by atoms with Gasteiger partial charge in [-0.15, -0.1) is 0 Å². The molecule has 1 atom stereocenters. The third kappa shape index (κ3) is 5.89.